The maximum absolute atomic E-state index is 12.4. The number of carbonyl (C=O) groups is 3. The first-order chi connectivity index (χ1) is 13.0. The molecule has 2 aromatic carbocycles. The maximum Gasteiger partial charge on any atom is 0.331 e. The van der Waals surface area contributed by atoms with Gasteiger partial charge in [-0.15, -0.1) is 0 Å². The van der Waals surface area contributed by atoms with Gasteiger partial charge in [0.1, 0.15) is 6.54 Å². The number of hydrogen-bond acceptors (Lipinski definition) is 4. The molecule has 0 aromatic heterocycles. The van der Waals surface area contributed by atoms with E-state index in [9.17, 15) is 14.4 Å². The van der Waals surface area contributed by atoms with Gasteiger partial charge >= 0.3 is 5.97 Å². The van der Waals surface area contributed by atoms with E-state index >= 15 is 0 Å². The standard InChI is InChI=1S/C19H14Cl2N2O4/c20-13-4-3-5-14(21)12(13)8-9-19(26)27-11-18(25)23-10-17(24)22-15-6-1-2-7-16(15)23/h1-9H,10-11H2,(H,22,24)/b9-8+. The number of ether oxygens (including phenoxy) is 1. The number of halogens is 2. The normalized spacial score (nSPS) is 13.3. The number of carbonyl (C=O) groups excluding carboxylic acids is 3. The molecule has 0 aliphatic carbocycles. The first-order valence-corrected chi connectivity index (χ1v) is 8.69. The highest BCUT2D eigenvalue weighted by Crippen LogP contribution is 2.29. The number of esters is 1. The zero-order chi connectivity index (χ0) is 19.4. The minimum atomic E-state index is -0.728. The molecule has 3 rings (SSSR count). The number of para-hydroxylation sites is 2. The lowest BCUT2D eigenvalue weighted by molar-refractivity contribution is -0.143. The summed E-state index contributed by atoms with van der Waals surface area (Å²) in [5.41, 5.74) is 1.56. The molecule has 0 atom stereocenters. The summed E-state index contributed by atoms with van der Waals surface area (Å²) in [5, 5.41) is 3.46. The van der Waals surface area contributed by atoms with Crippen LogP contribution in [0.5, 0.6) is 0 Å². The van der Waals surface area contributed by atoms with E-state index in [0.29, 0.717) is 27.0 Å². The number of hydrogen-bond donors (Lipinski definition) is 1. The van der Waals surface area contributed by atoms with Crippen LogP contribution >= 0.6 is 23.2 Å². The lowest BCUT2D eigenvalue weighted by Crippen LogP contribution is -2.43. The van der Waals surface area contributed by atoms with Crippen molar-refractivity contribution in [2.45, 2.75) is 0 Å². The third kappa shape index (κ3) is 4.48. The van der Waals surface area contributed by atoms with Gasteiger partial charge in [-0.1, -0.05) is 41.4 Å². The fourth-order valence-electron chi connectivity index (χ4n) is 2.54. The number of benzene rings is 2. The van der Waals surface area contributed by atoms with E-state index in [1.807, 2.05) is 0 Å². The van der Waals surface area contributed by atoms with Crippen LogP contribution in [0.25, 0.3) is 6.08 Å². The minimum absolute atomic E-state index is 0.140. The van der Waals surface area contributed by atoms with E-state index in [0.717, 1.165) is 6.08 Å². The lowest BCUT2D eigenvalue weighted by Gasteiger charge is -2.28. The Hall–Kier alpha value is -2.83. The Kier molecular flexibility index (Phi) is 5.78. The Labute approximate surface area is 165 Å². The number of amides is 2. The molecule has 27 heavy (non-hydrogen) atoms. The molecule has 1 N–H and O–H groups in total. The monoisotopic (exact) mass is 404 g/mol. The zero-order valence-corrected chi connectivity index (χ0v) is 15.5. The predicted octanol–water partition coefficient (Wildman–Crippen LogP) is 3.54. The van der Waals surface area contributed by atoms with Crippen molar-refractivity contribution in [2.75, 3.05) is 23.4 Å². The second kappa shape index (κ2) is 8.24. The van der Waals surface area contributed by atoms with Crippen molar-refractivity contribution in [3.8, 4) is 0 Å². The number of nitrogens with one attached hydrogen (secondary N) is 1. The Morgan fingerprint density at radius 3 is 2.56 bits per heavy atom. The van der Waals surface area contributed by atoms with Crippen LogP contribution in [0.1, 0.15) is 5.56 Å². The van der Waals surface area contributed by atoms with E-state index in [4.69, 9.17) is 27.9 Å². The van der Waals surface area contributed by atoms with Crippen molar-refractivity contribution in [2.24, 2.45) is 0 Å². The second-order valence-electron chi connectivity index (χ2n) is 5.62. The third-order valence-corrected chi connectivity index (χ3v) is 4.45. The van der Waals surface area contributed by atoms with Gasteiger partial charge < -0.3 is 10.1 Å². The van der Waals surface area contributed by atoms with Crippen molar-refractivity contribution >= 4 is 58.4 Å². The van der Waals surface area contributed by atoms with Crippen molar-refractivity contribution in [1.82, 2.24) is 0 Å². The van der Waals surface area contributed by atoms with Crippen LogP contribution in [0.4, 0.5) is 11.4 Å². The fraction of sp³-hybridized carbons (Fsp3) is 0.105. The lowest BCUT2D eigenvalue weighted by atomic mass is 10.2. The summed E-state index contributed by atoms with van der Waals surface area (Å²) < 4.78 is 4.97. The summed E-state index contributed by atoms with van der Waals surface area (Å²) >= 11 is 12.0. The molecule has 8 heteroatoms. The zero-order valence-electron chi connectivity index (χ0n) is 13.9. The molecule has 0 radical (unpaired) electrons. The maximum atomic E-state index is 12.4. The van der Waals surface area contributed by atoms with Crippen LogP contribution in [-0.2, 0) is 19.1 Å². The molecule has 2 amide bonds. The average Bonchev–Trinajstić information content (AvgIpc) is 2.65. The molecule has 6 nitrogen and oxygen atoms in total. The Morgan fingerprint density at radius 1 is 1.11 bits per heavy atom. The van der Waals surface area contributed by atoms with Crippen molar-refractivity contribution in [3.05, 3.63) is 64.1 Å². The molecule has 0 unspecified atom stereocenters. The van der Waals surface area contributed by atoms with Crippen LogP contribution < -0.4 is 10.2 Å². The number of nitrogens with zero attached hydrogens (tertiary/aromatic N) is 1. The highest BCUT2D eigenvalue weighted by atomic mass is 35.5. The molecule has 1 heterocycles. The van der Waals surface area contributed by atoms with Gasteiger partial charge in [-0.25, -0.2) is 4.79 Å². The molecule has 0 spiro atoms. The van der Waals surface area contributed by atoms with E-state index < -0.39 is 18.5 Å². The van der Waals surface area contributed by atoms with Gasteiger partial charge in [-0.05, 0) is 30.3 Å². The SMILES string of the molecule is O=C1CN(C(=O)COC(=O)/C=C/c2c(Cl)cccc2Cl)c2ccccc2N1. The van der Waals surface area contributed by atoms with Crippen LogP contribution in [-0.4, -0.2) is 30.9 Å². The summed E-state index contributed by atoms with van der Waals surface area (Å²) in [7, 11) is 0. The van der Waals surface area contributed by atoms with Gasteiger partial charge in [0.05, 0.1) is 11.4 Å². The third-order valence-electron chi connectivity index (χ3n) is 3.80. The molecule has 0 fully saturated rings. The first-order valence-electron chi connectivity index (χ1n) is 7.94. The quantitative estimate of drug-likeness (QED) is 0.624. The van der Waals surface area contributed by atoms with Gasteiger partial charge in [-0.2, -0.15) is 0 Å². The van der Waals surface area contributed by atoms with E-state index in [-0.39, 0.29) is 12.5 Å². The Bertz CT molecular complexity index is 923. The summed E-state index contributed by atoms with van der Waals surface area (Å²) in [6.45, 7) is -0.639. The Morgan fingerprint density at radius 2 is 1.81 bits per heavy atom. The van der Waals surface area contributed by atoms with Crippen LogP contribution in [0.2, 0.25) is 10.0 Å². The van der Waals surface area contributed by atoms with Crippen LogP contribution in [0.3, 0.4) is 0 Å². The van der Waals surface area contributed by atoms with Gasteiger partial charge in [0, 0.05) is 21.7 Å². The summed E-state index contributed by atoms with van der Waals surface area (Å²) in [6, 6.07) is 11.9. The van der Waals surface area contributed by atoms with Crippen molar-refractivity contribution < 1.29 is 19.1 Å². The molecule has 1 aliphatic rings. The van der Waals surface area contributed by atoms with Gasteiger partial charge in [-0.3, -0.25) is 14.5 Å². The van der Waals surface area contributed by atoms with E-state index in [1.54, 1.807) is 42.5 Å². The van der Waals surface area contributed by atoms with E-state index in [2.05, 4.69) is 5.32 Å². The van der Waals surface area contributed by atoms with Crippen molar-refractivity contribution in [1.29, 1.82) is 0 Å². The molecule has 2 aromatic rings. The van der Waals surface area contributed by atoms with Crippen LogP contribution in [0.15, 0.2) is 48.5 Å². The fourth-order valence-corrected chi connectivity index (χ4v) is 3.06. The van der Waals surface area contributed by atoms with Gasteiger partial charge in [0.15, 0.2) is 6.61 Å². The molecular weight excluding hydrogens is 391 g/mol. The topological polar surface area (TPSA) is 75.7 Å². The highest BCUT2D eigenvalue weighted by molar-refractivity contribution is 6.37. The Balaban J connectivity index is 1.63. The molecule has 0 bridgehead atoms. The summed E-state index contributed by atoms with van der Waals surface area (Å²) in [4.78, 5) is 37.3. The summed E-state index contributed by atoms with van der Waals surface area (Å²) in [6.07, 6.45) is 2.55. The van der Waals surface area contributed by atoms with Crippen LogP contribution in [0, 0.1) is 0 Å². The number of anilines is 2. The summed E-state index contributed by atoms with van der Waals surface area (Å²) in [5.74, 6) is -1.55. The average molecular weight is 405 g/mol. The van der Waals surface area contributed by atoms with Gasteiger partial charge in [0.25, 0.3) is 5.91 Å². The number of fused-ring (bicyclic) bond motifs is 1. The molecular formula is C19H14Cl2N2O4. The molecule has 138 valence electrons. The number of rotatable bonds is 4. The molecule has 1 aliphatic heterocycles. The predicted molar refractivity (Wildman–Crippen MR) is 104 cm³/mol. The smallest absolute Gasteiger partial charge is 0.331 e. The minimum Gasteiger partial charge on any atom is -0.452 e. The van der Waals surface area contributed by atoms with Gasteiger partial charge in [0.2, 0.25) is 5.91 Å². The molecule has 0 saturated heterocycles. The molecule has 0 saturated carbocycles. The van der Waals surface area contributed by atoms with E-state index in [1.165, 1.54) is 11.0 Å². The second-order valence-corrected chi connectivity index (χ2v) is 6.44. The highest BCUT2D eigenvalue weighted by Gasteiger charge is 2.26. The first kappa shape index (κ1) is 18.9. The largest absolute Gasteiger partial charge is 0.452 e. The van der Waals surface area contributed by atoms with Crippen molar-refractivity contribution in [3.63, 3.8) is 0 Å².